The molecule has 3 N–H and O–H groups in total. The van der Waals surface area contributed by atoms with E-state index in [0.29, 0.717) is 12.5 Å². The van der Waals surface area contributed by atoms with Crippen molar-refractivity contribution in [1.82, 2.24) is 0 Å². The molecule has 3 nitrogen and oxygen atoms in total. The van der Waals surface area contributed by atoms with Crippen molar-refractivity contribution in [3.05, 3.63) is 29.8 Å². The first kappa shape index (κ1) is 11.6. The van der Waals surface area contributed by atoms with Crippen molar-refractivity contribution in [1.29, 1.82) is 0 Å². The van der Waals surface area contributed by atoms with Gasteiger partial charge < -0.3 is 11.1 Å². The number of nitrogens with two attached hydrogens (primary N) is 1. The van der Waals surface area contributed by atoms with Gasteiger partial charge >= 0.3 is 0 Å². The van der Waals surface area contributed by atoms with Gasteiger partial charge in [0.25, 0.3) is 0 Å². The average Bonchev–Trinajstić information content (AvgIpc) is 2.20. The zero-order chi connectivity index (χ0) is 11.3. The molecule has 0 radical (unpaired) electrons. The molecule has 0 aromatic heterocycles. The van der Waals surface area contributed by atoms with Crippen LogP contribution in [-0.2, 0) is 11.2 Å². The fourth-order valence-electron chi connectivity index (χ4n) is 1.37. The quantitative estimate of drug-likeness (QED) is 0.773. The lowest BCUT2D eigenvalue weighted by molar-refractivity contribution is -0.117. The summed E-state index contributed by atoms with van der Waals surface area (Å²) in [6.07, 6.45) is 1.34. The van der Waals surface area contributed by atoms with E-state index in [2.05, 4.69) is 19.2 Å². The maximum absolute atomic E-state index is 10.9. The Hall–Kier alpha value is -1.51. The van der Waals surface area contributed by atoms with E-state index in [-0.39, 0.29) is 5.91 Å². The molecule has 1 aromatic rings. The molecule has 0 fully saturated rings. The highest BCUT2D eigenvalue weighted by molar-refractivity contribution is 5.78. The van der Waals surface area contributed by atoms with Crippen molar-refractivity contribution in [2.75, 3.05) is 5.32 Å². The zero-order valence-electron chi connectivity index (χ0n) is 9.29. The Balaban J connectivity index is 2.81. The van der Waals surface area contributed by atoms with Gasteiger partial charge in [-0.1, -0.05) is 25.1 Å². The van der Waals surface area contributed by atoms with Crippen molar-refractivity contribution < 1.29 is 4.79 Å². The minimum Gasteiger partial charge on any atom is -0.382 e. The van der Waals surface area contributed by atoms with Gasteiger partial charge in [-0.2, -0.15) is 0 Å². The number of carbonyl (C=O) groups excluding carboxylic acids is 1. The second-order valence-corrected chi connectivity index (χ2v) is 3.75. The number of rotatable bonds is 5. The van der Waals surface area contributed by atoms with Crippen molar-refractivity contribution in [3.8, 4) is 0 Å². The predicted octanol–water partition coefficient (Wildman–Crippen LogP) is 1.92. The summed E-state index contributed by atoms with van der Waals surface area (Å²) < 4.78 is 0. The van der Waals surface area contributed by atoms with Gasteiger partial charge in [-0.15, -0.1) is 0 Å². The molecule has 1 amide bonds. The summed E-state index contributed by atoms with van der Waals surface area (Å²) in [6, 6.07) is 8.17. The van der Waals surface area contributed by atoms with Crippen LogP contribution in [0.1, 0.15) is 25.8 Å². The fourth-order valence-corrected chi connectivity index (χ4v) is 1.37. The Bertz CT molecular complexity index is 336. The van der Waals surface area contributed by atoms with E-state index in [1.807, 2.05) is 24.3 Å². The van der Waals surface area contributed by atoms with Crippen LogP contribution < -0.4 is 11.1 Å². The number of anilines is 1. The summed E-state index contributed by atoms with van der Waals surface area (Å²) in [5.41, 5.74) is 7.16. The van der Waals surface area contributed by atoms with Gasteiger partial charge in [0.05, 0.1) is 6.42 Å². The number of amides is 1. The van der Waals surface area contributed by atoms with E-state index in [1.54, 1.807) is 0 Å². The molecule has 3 heteroatoms. The summed E-state index contributed by atoms with van der Waals surface area (Å²) in [4.78, 5) is 10.9. The van der Waals surface area contributed by atoms with Crippen LogP contribution in [0.5, 0.6) is 0 Å². The lowest BCUT2D eigenvalue weighted by Gasteiger charge is -2.15. The van der Waals surface area contributed by atoms with E-state index >= 15 is 0 Å². The number of primary amides is 1. The Morgan fingerprint density at radius 2 is 2.13 bits per heavy atom. The number of hydrogen-bond acceptors (Lipinski definition) is 2. The van der Waals surface area contributed by atoms with Gasteiger partial charge in [-0.3, -0.25) is 4.79 Å². The third-order valence-corrected chi connectivity index (χ3v) is 2.40. The van der Waals surface area contributed by atoms with Crippen LogP contribution in [0.15, 0.2) is 24.3 Å². The average molecular weight is 206 g/mol. The summed E-state index contributed by atoms with van der Waals surface area (Å²) >= 11 is 0. The van der Waals surface area contributed by atoms with Gasteiger partial charge in [-0.05, 0) is 25.0 Å². The molecule has 0 aliphatic rings. The van der Waals surface area contributed by atoms with E-state index < -0.39 is 0 Å². The Morgan fingerprint density at radius 1 is 1.47 bits per heavy atom. The standard InChI is InChI=1S/C12H18N2O/c1-3-9(2)14-11-7-5-4-6-10(11)8-12(13)15/h4-7,9,14H,3,8H2,1-2H3,(H2,13,15). The molecule has 0 bridgehead atoms. The smallest absolute Gasteiger partial charge is 0.221 e. The first-order valence-electron chi connectivity index (χ1n) is 5.26. The molecule has 1 rings (SSSR count). The molecule has 0 saturated carbocycles. The van der Waals surface area contributed by atoms with Crippen molar-refractivity contribution in [2.24, 2.45) is 5.73 Å². The second-order valence-electron chi connectivity index (χ2n) is 3.75. The van der Waals surface area contributed by atoms with Gasteiger partial charge in [0.2, 0.25) is 5.91 Å². The lowest BCUT2D eigenvalue weighted by Crippen LogP contribution is -2.18. The molecule has 0 aliphatic carbocycles. The molecule has 0 spiro atoms. The van der Waals surface area contributed by atoms with Crippen molar-refractivity contribution >= 4 is 11.6 Å². The van der Waals surface area contributed by atoms with Crippen LogP contribution in [0.3, 0.4) is 0 Å². The highest BCUT2D eigenvalue weighted by atomic mass is 16.1. The third-order valence-electron chi connectivity index (χ3n) is 2.40. The van der Waals surface area contributed by atoms with E-state index in [9.17, 15) is 4.79 Å². The molecule has 1 aromatic carbocycles. The number of nitrogens with one attached hydrogen (secondary N) is 1. The normalized spacial score (nSPS) is 12.1. The third kappa shape index (κ3) is 3.62. The monoisotopic (exact) mass is 206 g/mol. The summed E-state index contributed by atoms with van der Waals surface area (Å²) in [7, 11) is 0. The van der Waals surface area contributed by atoms with E-state index in [4.69, 9.17) is 5.73 Å². The first-order valence-corrected chi connectivity index (χ1v) is 5.26. The molecular formula is C12H18N2O. The summed E-state index contributed by atoms with van der Waals surface area (Å²) in [5, 5.41) is 3.36. The lowest BCUT2D eigenvalue weighted by atomic mass is 10.1. The van der Waals surface area contributed by atoms with Crippen LogP contribution in [0, 0.1) is 0 Å². The SMILES string of the molecule is CCC(C)Nc1ccccc1CC(N)=O. The van der Waals surface area contributed by atoms with Gasteiger partial charge in [0.15, 0.2) is 0 Å². The predicted molar refractivity (Wildman–Crippen MR) is 62.7 cm³/mol. The van der Waals surface area contributed by atoms with Crippen LogP contribution >= 0.6 is 0 Å². The highest BCUT2D eigenvalue weighted by Crippen LogP contribution is 2.17. The molecule has 1 unspecified atom stereocenters. The van der Waals surface area contributed by atoms with Crippen LogP contribution in [0.2, 0.25) is 0 Å². The summed E-state index contributed by atoms with van der Waals surface area (Å²) in [5.74, 6) is -0.298. The first-order chi connectivity index (χ1) is 7.13. The summed E-state index contributed by atoms with van der Waals surface area (Å²) in [6.45, 7) is 4.23. The highest BCUT2D eigenvalue weighted by Gasteiger charge is 2.06. The number of carbonyl (C=O) groups is 1. The molecule has 15 heavy (non-hydrogen) atoms. The molecule has 1 atom stereocenters. The molecular weight excluding hydrogens is 188 g/mol. The molecule has 82 valence electrons. The van der Waals surface area contributed by atoms with Crippen LogP contribution in [0.4, 0.5) is 5.69 Å². The molecule has 0 heterocycles. The zero-order valence-corrected chi connectivity index (χ0v) is 9.29. The number of benzene rings is 1. The maximum Gasteiger partial charge on any atom is 0.221 e. The largest absolute Gasteiger partial charge is 0.382 e. The van der Waals surface area contributed by atoms with Crippen LogP contribution in [-0.4, -0.2) is 11.9 Å². The van der Waals surface area contributed by atoms with E-state index in [0.717, 1.165) is 17.7 Å². The number of hydrogen-bond donors (Lipinski definition) is 2. The topological polar surface area (TPSA) is 55.1 Å². The van der Waals surface area contributed by atoms with Gasteiger partial charge in [0.1, 0.15) is 0 Å². The Labute approximate surface area is 90.7 Å². The fraction of sp³-hybridized carbons (Fsp3) is 0.417. The second kappa shape index (κ2) is 5.39. The molecule has 0 aliphatic heterocycles. The van der Waals surface area contributed by atoms with E-state index in [1.165, 1.54) is 0 Å². The minimum absolute atomic E-state index is 0.291. The maximum atomic E-state index is 10.9. The van der Waals surface area contributed by atoms with Gasteiger partial charge in [0, 0.05) is 11.7 Å². The minimum atomic E-state index is -0.298. The number of para-hydroxylation sites is 1. The Morgan fingerprint density at radius 3 is 2.73 bits per heavy atom. The van der Waals surface area contributed by atoms with Crippen molar-refractivity contribution in [2.45, 2.75) is 32.7 Å². The molecule has 0 saturated heterocycles. The van der Waals surface area contributed by atoms with Gasteiger partial charge in [-0.25, -0.2) is 0 Å². The Kier molecular flexibility index (Phi) is 4.16. The van der Waals surface area contributed by atoms with Crippen LogP contribution in [0.25, 0.3) is 0 Å². The van der Waals surface area contributed by atoms with Crippen molar-refractivity contribution in [3.63, 3.8) is 0 Å².